The second-order valence-electron chi connectivity index (χ2n) is 6.42. The van der Waals surface area contributed by atoms with Crippen LogP contribution in [0.5, 0.6) is 0 Å². The second-order valence-corrected chi connectivity index (χ2v) is 7.30. The van der Waals surface area contributed by atoms with E-state index in [1.54, 1.807) is 0 Å². The standard InChI is InChI=1S/C14H20N2OS/c1-13(2,3)10-8-18-11(9(10)7-15)16-12(17)14(4,5)6/h8H,1-6H3,(H,16,17). The van der Waals surface area contributed by atoms with E-state index in [1.165, 1.54) is 11.3 Å². The van der Waals surface area contributed by atoms with Gasteiger partial charge >= 0.3 is 0 Å². The summed E-state index contributed by atoms with van der Waals surface area (Å²) in [5, 5.41) is 14.7. The van der Waals surface area contributed by atoms with Crippen LogP contribution in [0, 0.1) is 16.7 Å². The molecular weight excluding hydrogens is 244 g/mol. The molecule has 0 aliphatic heterocycles. The monoisotopic (exact) mass is 264 g/mol. The van der Waals surface area contributed by atoms with Crippen molar-refractivity contribution in [2.45, 2.75) is 47.0 Å². The van der Waals surface area contributed by atoms with Gasteiger partial charge in [0.2, 0.25) is 5.91 Å². The molecule has 1 N–H and O–H groups in total. The smallest absolute Gasteiger partial charge is 0.230 e. The molecule has 98 valence electrons. The largest absolute Gasteiger partial charge is 0.316 e. The van der Waals surface area contributed by atoms with Crippen molar-refractivity contribution in [1.29, 1.82) is 5.26 Å². The summed E-state index contributed by atoms with van der Waals surface area (Å²) < 4.78 is 0. The quantitative estimate of drug-likeness (QED) is 0.836. The molecule has 4 heteroatoms. The fourth-order valence-corrected chi connectivity index (χ4v) is 2.54. The van der Waals surface area contributed by atoms with Gasteiger partial charge in [0, 0.05) is 5.41 Å². The molecule has 0 bridgehead atoms. The summed E-state index contributed by atoms with van der Waals surface area (Å²) in [7, 11) is 0. The zero-order valence-electron chi connectivity index (χ0n) is 11.8. The van der Waals surface area contributed by atoms with Crippen molar-refractivity contribution in [2.24, 2.45) is 5.41 Å². The van der Waals surface area contributed by atoms with Gasteiger partial charge in [-0.25, -0.2) is 0 Å². The van der Waals surface area contributed by atoms with Crippen molar-refractivity contribution < 1.29 is 4.79 Å². The van der Waals surface area contributed by atoms with Crippen LogP contribution in [0.25, 0.3) is 0 Å². The highest BCUT2D eigenvalue weighted by atomic mass is 32.1. The van der Waals surface area contributed by atoms with Gasteiger partial charge in [0.25, 0.3) is 0 Å². The number of amides is 1. The van der Waals surface area contributed by atoms with E-state index in [4.69, 9.17) is 0 Å². The Hall–Kier alpha value is -1.34. The molecule has 1 heterocycles. The maximum absolute atomic E-state index is 11.9. The number of nitriles is 1. The van der Waals surface area contributed by atoms with Crippen LogP contribution in [0.1, 0.15) is 52.7 Å². The third-order valence-electron chi connectivity index (χ3n) is 2.62. The van der Waals surface area contributed by atoms with E-state index >= 15 is 0 Å². The van der Waals surface area contributed by atoms with E-state index < -0.39 is 5.41 Å². The number of hydrogen-bond donors (Lipinski definition) is 1. The van der Waals surface area contributed by atoms with Gasteiger partial charge in [0.1, 0.15) is 11.1 Å². The average Bonchev–Trinajstić information content (AvgIpc) is 2.58. The Balaban J connectivity index is 3.11. The molecule has 1 rings (SSSR count). The van der Waals surface area contributed by atoms with Gasteiger partial charge in [-0.3, -0.25) is 4.79 Å². The third kappa shape index (κ3) is 3.11. The number of nitrogens with one attached hydrogen (secondary N) is 1. The summed E-state index contributed by atoms with van der Waals surface area (Å²) in [6.07, 6.45) is 0. The highest BCUT2D eigenvalue weighted by molar-refractivity contribution is 7.14. The van der Waals surface area contributed by atoms with Crippen molar-refractivity contribution in [3.05, 3.63) is 16.5 Å². The first-order valence-electron chi connectivity index (χ1n) is 5.91. The minimum Gasteiger partial charge on any atom is -0.316 e. The summed E-state index contributed by atoms with van der Waals surface area (Å²) in [6, 6.07) is 2.20. The Kier molecular flexibility index (Phi) is 3.87. The number of rotatable bonds is 1. The fraction of sp³-hybridized carbons (Fsp3) is 0.571. The van der Waals surface area contributed by atoms with Gasteiger partial charge in [0.05, 0.1) is 5.56 Å². The second kappa shape index (κ2) is 4.74. The van der Waals surface area contributed by atoms with Crippen LogP contribution < -0.4 is 5.32 Å². The fourth-order valence-electron chi connectivity index (χ4n) is 1.40. The summed E-state index contributed by atoms with van der Waals surface area (Å²) in [5.41, 5.74) is 1.02. The number of thiophene rings is 1. The number of carbonyl (C=O) groups is 1. The molecule has 0 saturated carbocycles. The van der Waals surface area contributed by atoms with Crippen LogP contribution >= 0.6 is 11.3 Å². The minimum atomic E-state index is -0.460. The Morgan fingerprint density at radius 1 is 1.28 bits per heavy atom. The first-order chi connectivity index (χ1) is 8.07. The topological polar surface area (TPSA) is 52.9 Å². The van der Waals surface area contributed by atoms with E-state index in [2.05, 4.69) is 32.2 Å². The van der Waals surface area contributed by atoms with E-state index in [1.807, 2.05) is 26.2 Å². The molecule has 3 nitrogen and oxygen atoms in total. The summed E-state index contributed by atoms with van der Waals surface area (Å²) in [4.78, 5) is 11.9. The molecule has 1 aromatic rings. The molecule has 18 heavy (non-hydrogen) atoms. The van der Waals surface area contributed by atoms with Gasteiger partial charge in [-0.1, -0.05) is 41.5 Å². The molecule has 0 radical (unpaired) electrons. The Labute approximate surface area is 113 Å². The zero-order valence-corrected chi connectivity index (χ0v) is 12.7. The SMILES string of the molecule is CC(C)(C)C(=O)Nc1scc(C(C)(C)C)c1C#N. The molecule has 0 fully saturated rings. The molecule has 1 amide bonds. The molecule has 0 aliphatic rings. The van der Waals surface area contributed by atoms with Gasteiger partial charge in [-0.15, -0.1) is 11.3 Å². The molecular formula is C14H20N2OS. The van der Waals surface area contributed by atoms with Crippen LogP contribution in [0.2, 0.25) is 0 Å². The van der Waals surface area contributed by atoms with Crippen LogP contribution in [-0.2, 0) is 10.2 Å². The highest BCUT2D eigenvalue weighted by Gasteiger charge is 2.26. The number of nitrogens with zero attached hydrogens (tertiary/aromatic N) is 1. The Bertz CT molecular complexity index is 495. The normalized spacial score (nSPS) is 12.1. The lowest BCUT2D eigenvalue weighted by Crippen LogP contribution is -2.27. The molecule has 0 saturated heterocycles. The van der Waals surface area contributed by atoms with Crippen molar-refractivity contribution >= 4 is 22.2 Å². The molecule has 0 unspecified atom stereocenters. The molecule has 0 atom stereocenters. The highest BCUT2D eigenvalue weighted by Crippen LogP contribution is 2.36. The van der Waals surface area contributed by atoms with Gasteiger partial charge < -0.3 is 5.32 Å². The van der Waals surface area contributed by atoms with E-state index in [9.17, 15) is 10.1 Å². The Morgan fingerprint density at radius 2 is 1.83 bits per heavy atom. The van der Waals surface area contributed by atoms with Gasteiger partial charge in [-0.05, 0) is 16.4 Å². The lowest BCUT2D eigenvalue weighted by atomic mass is 9.86. The van der Waals surface area contributed by atoms with Gasteiger partial charge in [-0.2, -0.15) is 5.26 Å². The predicted molar refractivity (Wildman–Crippen MR) is 75.8 cm³/mol. The van der Waals surface area contributed by atoms with Crippen molar-refractivity contribution in [2.75, 3.05) is 5.32 Å². The van der Waals surface area contributed by atoms with Crippen LogP contribution in [0.3, 0.4) is 0 Å². The van der Waals surface area contributed by atoms with Crippen LogP contribution in [-0.4, -0.2) is 5.91 Å². The van der Waals surface area contributed by atoms with E-state index in [-0.39, 0.29) is 11.3 Å². The van der Waals surface area contributed by atoms with Crippen molar-refractivity contribution in [3.63, 3.8) is 0 Å². The minimum absolute atomic E-state index is 0.0682. The lowest BCUT2D eigenvalue weighted by Gasteiger charge is -2.19. The number of anilines is 1. The summed E-state index contributed by atoms with van der Waals surface area (Å²) in [5.74, 6) is -0.0682. The maximum atomic E-state index is 11.9. The molecule has 1 aromatic heterocycles. The third-order valence-corrected chi connectivity index (χ3v) is 3.51. The summed E-state index contributed by atoms with van der Waals surface area (Å²) >= 11 is 1.42. The first kappa shape index (κ1) is 14.7. The zero-order chi connectivity index (χ0) is 14.1. The lowest BCUT2D eigenvalue weighted by molar-refractivity contribution is -0.123. The van der Waals surface area contributed by atoms with Crippen molar-refractivity contribution in [1.82, 2.24) is 0 Å². The number of hydrogen-bond acceptors (Lipinski definition) is 3. The molecule has 0 aromatic carbocycles. The van der Waals surface area contributed by atoms with Crippen LogP contribution in [0.15, 0.2) is 5.38 Å². The van der Waals surface area contributed by atoms with E-state index in [0.29, 0.717) is 10.6 Å². The molecule has 0 spiro atoms. The van der Waals surface area contributed by atoms with Crippen LogP contribution in [0.4, 0.5) is 5.00 Å². The molecule has 0 aliphatic carbocycles. The van der Waals surface area contributed by atoms with Crippen molar-refractivity contribution in [3.8, 4) is 6.07 Å². The Morgan fingerprint density at radius 3 is 2.22 bits per heavy atom. The maximum Gasteiger partial charge on any atom is 0.230 e. The van der Waals surface area contributed by atoms with Gasteiger partial charge in [0.15, 0.2) is 0 Å². The average molecular weight is 264 g/mol. The number of carbonyl (C=O) groups excluding carboxylic acids is 1. The predicted octanol–water partition coefficient (Wildman–Crippen LogP) is 3.90. The summed E-state index contributed by atoms with van der Waals surface area (Å²) in [6.45, 7) is 11.7. The van der Waals surface area contributed by atoms with E-state index in [0.717, 1.165) is 5.56 Å². The first-order valence-corrected chi connectivity index (χ1v) is 6.79.